The predicted octanol–water partition coefficient (Wildman–Crippen LogP) is 4.73. The summed E-state index contributed by atoms with van der Waals surface area (Å²) < 4.78 is 0. The largest absolute Gasteiger partial charge is 0.507 e. The maximum Gasteiger partial charge on any atom is 0.190 e. The number of aromatic hydroxyl groups is 1. The lowest BCUT2D eigenvalue weighted by Crippen LogP contribution is -2.76. The molecule has 0 saturated heterocycles. The fourth-order valence-electron chi connectivity index (χ4n) is 8.34. The molecule has 7 heteroatoms. The van der Waals surface area contributed by atoms with E-state index in [0.29, 0.717) is 24.0 Å². The van der Waals surface area contributed by atoms with Gasteiger partial charge in [-0.25, -0.2) is 0 Å². The highest BCUT2D eigenvalue weighted by molar-refractivity contribution is 6.32. The van der Waals surface area contributed by atoms with Gasteiger partial charge < -0.3 is 10.2 Å². The summed E-state index contributed by atoms with van der Waals surface area (Å²) in [5.41, 5.74) is -2.04. The number of aliphatic hydroxyl groups is 1. The summed E-state index contributed by atoms with van der Waals surface area (Å²) >= 11 is 0. The van der Waals surface area contributed by atoms with E-state index in [-0.39, 0.29) is 36.0 Å². The lowest BCUT2D eigenvalue weighted by atomic mass is 9.39. The molecule has 1 aromatic rings. The zero-order valence-electron chi connectivity index (χ0n) is 24.9. The standard InChI is InChI=1S/C33H42O7/c1-15(2)10-11-19-12-20(16(3)4)21-13-31(8)14-32(9)24(17(5)6)27(36)22(18(7)34)29(38)33(32,40)30(39)25(31)28(37)23(21)26(19)35/h12,16-17,22,24-25,35,40H,1,10-11,13-14H2,2-9H3/t22?,24?,25?,31-,32-,33+/m1/s1. The number of carbonyl (C=O) groups is 5. The van der Waals surface area contributed by atoms with E-state index >= 15 is 0 Å². The quantitative estimate of drug-likeness (QED) is 0.388. The molecule has 1 aromatic carbocycles. The van der Waals surface area contributed by atoms with Crippen LogP contribution in [-0.4, -0.2) is 44.7 Å². The first-order chi connectivity index (χ1) is 18.3. The second kappa shape index (κ2) is 9.57. The molecule has 0 bridgehead atoms. The Morgan fingerprint density at radius 1 is 1.07 bits per heavy atom. The second-order valence-corrected chi connectivity index (χ2v) is 13.8. The zero-order valence-corrected chi connectivity index (χ0v) is 24.9. The van der Waals surface area contributed by atoms with Gasteiger partial charge in [0.1, 0.15) is 17.5 Å². The number of phenols is 1. The number of benzene rings is 1. The summed E-state index contributed by atoms with van der Waals surface area (Å²) in [6.45, 7) is 17.9. The molecule has 3 aliphatic carbocycles. The van der Waals surface area contributed by atoms with Crippen molar-refractivity contribution in [1.82, 2.24) is 0 Å². The summed E-state index contributed by atoms with van der Waals surface area (Å²) in [4.78, 5) is 68.7. The van der Waals surface area contributed by atoms with Crippen molar-refractivity contribution in [2.75, 3.05) is 0 Å². The third kappa shape index (κ3) is 3.91. The molecule has 216 valence electrons. The molecule has 3 unspecified atom stereocenters. The molecule has 0 heterocycles. The van der Waals surface area contributed by atoms with E-state index < -0.39 is 63.1 Å². The highest BCUT2D eigenvalue weighted by Crippen LogP contribution is 2.64. The lowest BCUT2D eigenvalue weighted by molar-refractivity contribution is -0.205. The van der Waals surface area contributed by atoms with Gasteiger partial charge in [0.2, 0.25) is 0 Å². The Morgan fingerprint density at radius 3 is 2.17 bits per heavy atom. The van der Waals surface area contributed by atoms with Crippen LogP contribution in [0.2, 0.25) is 0 Å². The average molecular weight is 551 g/mol. The summed E-state index contributed by atoms with van der Waals surface area (Å²) in [5.74, 6) is -8.62. The van der Waals surface area contributed by atoms with Crippen LogP contribution in [0, 0.1) is 34.5 Å². The van der Waals surface area contributed by atoms with Gasteiger partial charge in [-0.15, -0.1) is 6.58 Å². The maximum atomic E-state index is 14.4. The third-order valence-electron chi connectivity index (χ3n) is 9.94. The van der Waals surface area contributed by atoms with Gasteiger partial charge in [-0.05, 0) is 73.5 Å². The van der Waals surface area contributed by atoms with E-state index in [1.54, 1.807) is 27.7 Å². The average Bonchev–Trinajstić information content (AvgIpc) is 2.80. The first-order valence-corrected chi connectivity index (χ1v) is 14.3. The van der Waals surface area contributed by atoms with E-state index in [4.69, 9.17) is 0 Å². The molecule has 2 fully saturated rings. The summed E-state index contributed by atoms with van der Waals surface area (Å²) in [7, 11) is 0. The van der Waals surface area contributed by atoms with Crippen molar-refractivity contribution in [3.05, 3.63) is 40.5 Å². The number of hydrogen-bond acceptors (Lipinski definition) is 7. The normalized spacial score (nSPS) is 33.6. The minimum absolute atomic E-state index is 0.0234. The molecule has 2 saturated carbocycles. The van der Waals surface area contributed by atoms with Gasteiger partial charge in [0.05, 0.1) is 11.5 Å². The van der Waals surface area contributed by atoms with Crippen LogP contribution in [-0.2, 0) is 32.0 Å². The summed E-state index contributed by atoms with van der Waals surface area (Å²) in [6.07, 6.45) is 1.40. The SMILES string of the molecule is C=C(C)CCc1cc(C(C)C)c2c(c1O)C(=O)C1C(=O)[C@@]3(O)C(=O)C(C(C)=O)C(=O)C(C(C)C)[C@@]3(C)C[C@@]1(C)C2. The van der Waals surface area contributed by atoms with Crippen molar-refractivity contribution in [3.8, 4) is 5.75 Å². The van der Waals surface area contributed by atoms with Crippen LogP contribution in [0.5, 0.6) is 5.75 Å². The van der Waals surface area contributed by atoms with Gasteiger partial charge in [-0.3, -0.25) is 24.0 Å². The number of allylic oxidation sites excluding steroid dienone is 1. The molecule has 3 aliphatic rings. The minimum Gasteiger partial charge on any atom is -0.507 e. The van der Waals surface area contributed by atoms with E-state index in [2.05, 4.69) is 6.58 Å². The van der Waals surface area contributed by atoms with Crippen LogP contribution in [0.25, 0.3) is 0 Å². The Morgan fingerprint density at radius 2 is 1.68 bits per heavy atom. The number of phenolic OH excluding ortho intramolecular Hbond substituents is 1. The summed E-state index contributed by atoms with van der Waals surface area (Å²) in [5, 5.41) is 23.5. The number of fused-ring (bicyclic) bond motifs is 3. The molecule has 40 heavy (non-hydrogen) atoms. The van der Waals surface area contributed by atoms with Crippen molar-refractivity contribution >= 4 is 28.9 Å². The molecule has 6 atom stereocenters. The van der Waals surface area contributed by atoms with Crippen molar-refractivity contribution < 1.29 is 34.2 Å². The van der Waals surface area contributed by atoms with Crippen LogP contribution in [0.1, 0.15) is 101 Å². The molecule has 2 N–H and O–H groups in total. The van der Waals surface area contributed by atoms with Crippen molar-refractivity contribution in [3.63, 3.8) is 0 Å². The first-order valence-electron chi connectivity index (χ1n) is 14.3. The van der Waals surface area contributed by atoms with Crippen molar-refractivity contribution in [2.45, 2.75) is 92.6 Å². The number of rotatable bonds is 6. The minimum atomic E-state index is -2.68. The van der Waals surface area contributed by atoms with Crippen LogP contribution in [0.15, 0.2) is 18.2 Å². The highest BCUT2D eigenvalue weighted by atomic mass is 16.3. The van der Waals surface area contributed by atoms with E-state index in [1.807, 2.05) is 26.8 Å². The molecular weight excluding hydrogens is 508 g/mol. The fraction of sp³-hybridized carbons (Fsp3) is 0.606. The molecule has 0 aromatic heterocycles. The molecular formula is C33H42O7. The monoisotopic (exact) mass is 550 g/mol. The van der Waals surface area contributed by atoms with Crippen molar-refractivity contribution in [1.29, 1.82) is 0 Å². The number of carbonyl (C=O) groups excluding carboxylic acids is 5. The molecule has 4 rings (SSSR count). The molecule has 0 spiro atoms. The van der Waals surface area contributed by atoms with Gasteiger partial charge in [0, 0.05) is 11.3 Å². The zero-order chi connectivity index (χ0) is 30.3. The molecule has 0 radical (unpaired) electrons. The van der Waals surface area contributed by atoms with Crippen LogP contribution in [0.3, 0.4) is 0 Å². The Balaban J connectivity index is 1.98. The van der Waals surface area contributed by atoms with Gasteiger partial charge in [-0.1, -0.05) is 53.2 Å². The Bertz CT molecular complexity index is 1370. The predicted molar refractivity (Wildman–Crippen MR) is 150 cm³/mol. The van der Waals surface area contributed by atoms with Crippen molar-refractivity contribution in [2.24, 2.45) is 34.5 Å². The molecule has 7 nitrogen and oxygen atoms in total. The Kier molecular flexibility index (Phi) is 7.19. The fourth-order valence-corrected chi connectivity index (χ4v) is 8.34. The molecule has 0 aliphatic heterocycles. The Labute approximate surface area is 236 Å². The van der Waals surface area contributed by atoms with Crippen LogP contribution >= 0.6 is 0 Å². The van der Waals surface area contributed by atoms with Gasteiger partial charge in [0.15, 0.2) is 28.7 Å². The summed E-state index contributed by atoms with van der Waals surface area (Å²) in [6, 6.07) is 1.93. The van der Waals surface area contributed by atoms with Gasteiger partial charge in [0.25, 0.3) is 0 Å². The smallest absolute Gasteiger partial charge is 0.190 e. The van der Waals surface area contributed by atoms with Gasteiger partial charge in [-0.2, -0.15) is 0 Å². The maximum absolute atomic E-state index is 14.4. The van der Waals surface area contributed by atoms with Crippen LogP contribution < -0.4 is 0 Å². The molecule has 0 amide bonds. The van der Waals surface area contributed by atoms with E-state index in [1.165, 1.54) is 0 Å². The lowest BCUT2D eigenvalue weighted by Gasteiger charge is -2.62. The topological polar surface area (TPSA) is 126 Å². The Hall–Kier alpha value is -2.93. The number of aryl methyl sites for hydroxylation is 1. The van der Waals surface area contributed by atoms with E-state index in [0.717, 1.165) is 18.1 Å². The first kappa shape index (κ1) is 30.0. The van der Waals surface area contributed by atoms with E-state index in [9.17, 15) is 34.2 Å². The van der Waals surface area contributed by atoms with Gasteiger partial charge >= 0.3 is 0 Å². The third-order valence-corrected chi connectivity index (χ3v) is 9.94. The van der Waals surface area contributed by atoms with Crippen LogP contribution in [0.4, 0.5) is 0 Å². The number of ketones is 5. The highest BCUT2D eigenvalue weighted by Gasteiger charge is 2.76. The second-order valence-electron chi connectivity index (χ2n) is 13.8. The number of hydrogen-bond donors (Lipinski definition) is 2. The number of Topliss-reactive ketones (excluding diaryl/α,β-unsaturated/α-hetero) is 5.